The molecule has 0 bridgehead atoms. The Kier molecular flexibility index (Phi) is 3.50. The van der Waals surface area contributed by atoms with E-state index < -0.39 is 5.54 Å². The van der Waals surface area contributed by atoms with E-state index in [1.165, 1.54) is 20.0 Å². The molecule has 0 saturated carbocycles. The van der Waals surface area contributed by atoms with Gasteiger partial charge in [0.15, 0.2) is 0 Å². The van der Waals surface area contributed by atoms with Crippen molar-refractivity contribution < 1.29 is 9.53 Å². The minimum Gasteiger partial charge on any atom is -0.468 e. The van der Waals surface area contributed by atoms with Gasteiger partial charge in [0.25, 0.3) is 0 Å². The van der Waals surface area contributed by atoms with Crippen LogP contribution >= 0.6 is 0 Å². The van der Waals surface area contributed by atoms with Crippen LogP contribution < -0.4 is 5.32 Å². The molecule has 2 aliphatic rings. The van der Waals surface area contributed by atoms with Crippen LogP contribution in [-0.4, -0.2) is 49.7 Å². The Morgan fingerprint density at radius 3 is 2.88 bits per heavy atom. The summed E-state index contributed by atoms with van der Waals surface area (Å²) in [4.78, 5) is 14.3. The van der Waals surface area contributed by atoms with E-state index in [9.17, 15) is 4.79 Å². The van der Waals surface area contributed by atoms with Gasteiger partial charge >= 0.3 is 5.97 Å². The Labute approximate surface area is 97.3 Å². The molecule has 2 unspecified atom stereocenters. The van der Waals surface area contributed by atoms with Gasteiger partial charge in [-0.2, -0.15) is 0 Å². The molecule has 4 nitrogen and oxygen atoms in total. The number of rotatable bonds is 3. The van der Waals surface area contributed by atoms with E-state index in [-0.39, 0.29) is 5.97 Å². The second-order valence-electron chi connectivity index (χ2n) is 5.08. The van der Waals surface area contributed by atoms with Crippen LogP contribution in [0.25, 0.3) is 0 Å². The number of carbonyl (C=O) groups is 1. The highest BCUT2D eigenvalue weighted by Crippen LogP contribution is 2.31. The monoisotopic (exact) mass is 226 g/mol. The summed E-state index contributed by atoms with van der Waals surface area (Å²) in [7, 11) is 3.64. The van der Waals surface area contributed by atoms with E-state index in [2.05, 4.69) is 17.3 Å². The number of esters is 1. The molecular weight excluding hydrogens is 204 g/mol. The Morgan fingerprint density at radius 2 is 2.38 bits per heavy atom. The van der Waals surface area contributed by atoms with E-state index in [4.69, 9.17) is 4.74 Å². The maximum atomic E-state index is 11.9. The van der Waals surface area contributed by atoms with Gasteiger partial charge in [0, 0.05) is 6.04 Å². The number of hydrogen-bond acceptors (Lipinski definition) is 4. The summed E-state index contributed by atoms with van der Waals surface area (Å²) in [6, 6.07) is 0.532. The molecule has 0 amide bonds. The van der Waals surface area contributed by atoms with Crippen molar-refractivity contribution in [3.8, 4) is 0 Å². The molecule has 0 aromatic rings. The minimum atomic E-state index is -0.405. The van der Waals surface area contributed by atoms with Gasteiger partial charge in [-0.15, -0.1) is 0 Å². The first-order valence-electron chi connectivity index (χ1n) is 6.22. The molecule has 4 heteroatoms. The minimum absolute atomic E-state index is 0.0784. The van der Waals surface area contributed by atoms with Gasteiger partial charge in [-0.25, -0.2) is 0 Å². The van der Waals surface area contributed by atoms with E-state index >= 15 is 0 Å². The fraction of sp³-hybridized carbons (Fsp3) is 0.917. The summed E-state index contributed by atoms with van der Waals surface area (Å²) < 4.78 is 4.96. The van der Waals surface area contributed by atoms with Crippen molar-refractivity contribution >= 4 is 5.97 Å². The first-order chi connectivity index (χ1) is 7.68. The second kappa shape index (κ2) is 4.72. The van der Waals surface area contributed by atoms with Crippen molar-refractivity contribution in [3.63, 3.8) is 0 Å². The number of methoxy groups -OCH3 is 1. The Hall–Kier alpha value is -0.610. The molecule has 16 heavy (non-hydrogen) atoms. The van der Waals surface area contributed by atoms with Crippen LogP contribution in [0.1, 0.15) is 32.1 Å². The molecule has 0 aromatic heterocycles. The normalized spacial score (nSPS) is 35.5. The van der Waals surface area contributed by atoms with Crippen LogP contribution in [0.4, 0.5) is 0 Å². The van der Waals surface area contributed by atoms with Crippen LogP contribution in [0.2, 0.25) is 0 Å². The number of hydrogen-bond donors (Lipinski definition) is 1. The fourth-order valence-electron chi connectivity index (χ4n) is 3.07. The molecule has 0 radical (unpaired) electrons. The smallest absolute Gasteiger partial charge is 0.326 e. The van der Waals surface area contributed by atoms with Gasteiger partial charge in [-0.1, -0.05) is 0 Å². The maximum Gasteiger partial charge on any atom is 0.326 e. The van der Waals surface area contributed by atoms with E-state index in [1.807, 2.05) is 0 Å². The zero-order chi connectivity index (χ0) is 11.6. The molecular formula is C12H22N2O2. The summed E-state index contributed by atoms with van der Waals surface area (Å²) in [6.45, 7) is 2.09. The quantitative estimate of drug-likeness (QED) is 0.722. The Bertz CT molecular complexity index is 262. The summed E-state index contributed by atoms with van der Waals surface area (Å²) in [6.07, 6.45) is 5.35. The van der Waals surface area contributed by atoms with Crippen molar-refractivity contribution in [2.24, 2.45) is 0 Å². The number of carbonyl (C=O) groups excluding carboxylic acids is 1. The average Bonchev–Trinajstić information content (AvgIpc) is 2.90. The number of nitrogens with one attached hydrogen (secondary N) is 1. The first-order valence-corrected chi connectivity index (χ1v) is 6.22. The van der Waals surface area contributed by atoms with Crippen LogP contribution in [0.15, 0.2) is 0 Å². The van der Waals surface area contributed by atoms with Crippen LogP contribution in [0, 0.1) is 0 Å². The van der Waals surface area contributed by atoms with Gasteiger partial charge < -0.3 is 15.0 Å². The molecule has 1 N–H and O–H groups in total. The molecule has 2 aliphatic heterocycles. The van der Waals surface area contributed by atoms with E-state index in [0.717, 1.165) is 32.4 Å². The summed E-state index contributed by atoms with van der Waals surface area (Å²) in [5.41, 5.74) is -0.405. The Balaban J connectivity index is 2.05. The largest absolute Gasteiger partial charge is 0.468 e. The first kappa shape index (κ1) is 11.9. The number of likely N-dealkylation sites (tertiary alicyclic amines) is 1. The van der Waals surface area contributed by atoms with Gasteiger partial charge in [0.2, 0.25) is 0 Å². The van der Waals surface area contributed by atoms with Crippen molar-refractivity contribution in [1.29, 1.82) is 0 Å². The van der Waals surface area contributed by atoms with E-state index in [0.29, 0.717) is 6.04 Å². The molecule has 0 aliphatic carbocycles. The van der Waals surface area contributed by atoms with Crippen LogP contribution in [0.5, 0.6) is 0 Å². The molecule has 0 spiro atoms. The molecule has 2 atom stereocenters. The lowest BCUT2D eigenvalue weighted by molar-refractivity contribution is -0.148. The molecule has 2 saturated heterocycles. The van der Waals surface area contributed by atoms with Crippen molar-refractivity contribution in [2.45, 2.75) is 43.7 Å². The molecule has 2 fully saturated rings. The zero-order valence-electron chi connectivity index (χ0n) is 10.3. The highest BCUT2D eigenvalue weighted by atomic mass is 16.5. The summed E-state index contributed by atoms with van der Waals surface area (Å²) in [5.74, 6) is -0.0784. The summed E-state index contributed by atoms with van der Waals surface area (Å²) >= 11 is 0. The van der Waals surface area contributed by atoms with Crippen molar-refractivity contribution in [1.82, 2.24) is 10.2 Å². The van der Waals surface area contributed by atoms with Crippen LogP contribution in [0.3, 0.4) is 0 Å². The average molecular weight is 226 g/mol. The SMILES string of the molecule is COC(=O)C1(CC2CCCN2C)CCCN1. The van der Waals surface area contributed by atoms with Gasteiger partial charge in [-0.05, 0) is 52.2 Å². The van der Waals surface area contributed by atoms with E-state index in [1.54, 1.807) is 0 Å². The third kappa shape index (κ3) is 2.09. The lowest BCUT2D eigenvalue weighted by atomic mass is 9.88. The predicted octanol–water partition coefficient (Wildman–Crippen LogP) is 0.766. The standard InChI is InChI=1S/C12H22N2O2/c1-14-8-3-5-10(14)9-12(11(15)16-2)6-4-7-13-12/h10,13H,3-9H2,1-2H3. The number of nitrogens with zero attached hydrogens (tertiary/aromatic N) is 1. The van der Waals surface area contributed by atoms with Crippen molar-refractivity contribution in [3.05, 3.63) is 0 Å². The third-order valence-corrected chi connectivity index (χ3v) is 4.08. The lowest BCUT2D eigenvalue weighted by Gasteiger charge is -2.31. The third-order valence-electron chi connectivity index (χ3n) is 4.08. The highest BCUT2D eigenvalue weighted by molar-refractivity contribution is 5.81. The molecule has 2 rings (SSSR count). The zero-order valence-corrected chi connectivity index (χ0v) is 10.3. The molecule has 2 heterocycles. The second-order valence-corrected chi connectivity index (χ2v) is 5.08. The van der Waals surface area contributed by atoms with Crippen LogP contribution in [-0.2, 0) is 9.53 Å². The summed E-state index contributed by atoms with van der Waals surface area (Å²) in [5, 5.41) is 3.37. The number of ether oxygens (including phenoxy) is 1. The maximum absolute atomic E-state index is 11.9. The topological polar surface area (TPSA) is 41.6 Å². The fourth-order valence-corrected chi connectivity index (χ4v) is 3.07. The molecule has 0 aromatic carbocycles. The highest BCUT2D eigenvalue weighted by Gasteiger charge is 2.44. The predicted molar refractivity (Wildman–Crippen MR) is 62.3 cm³/mol. The van der Waals surface area contributed by atoms with Crippen molar-refractivity contribution in [2.75, 3.05) is 27.2 Å². The van der Waals surface area contributed by atoms with Gasteiger partial charge in [0.1, 0.15) is 5.54 Å². The van der Waals surface area contributed by atoms with Gasteiger partial charge in [0.05, 0.1) is 7.11 Å². The molecule has 92 valence electrons. The lowest BCUT2D eigenvalue weighted by Crippen LogP contribution is -2.51. The van der Waals surface area contributed by atoms with Gasteiger partial charge in [-0.3, -0.25) is 4.79 Å². The Morgan fingerprint density at radius 1 is 1.56 bits per heavy atom.